The fourth-order valence-electron chi connectivity index (χ4n) is 6.20. The van der Waals surface area contributed by atoms with Crippen molar-refractivity contribution in [3.8, 4) is 11.5 Å². The number of Topliss-reactive ketones (excluding diaryl/α,β-unsaturated/α-hetero) is 1. The van der Waals surface area contributed by atoms with Crippen LogP contribution in [0.4, 0.5) is 28.4 Å². The van der Waals surface area contributed by atoms with Crippen LogP contribution < -0.4 is 9.80 Å². The fourth-order valence-corrected chi connectivity index (χ4v) is 6.20. The molecule has 7 rings (SSSR count). The molecule has 0 aliphatic heterocycles. The first-order valence-electron chi connectivity index (χ1n) is 15.2. The Morgan fingerprint density at radius 1 is 0.458 bits per heavy atom. The highest BCUT2D eigenvalue weighted by Crippen LogP contribution is 2.49. The van der Waals surface area contributed by atoms with Crippen molar-refractivity contribution >= 4 is 39.8 Å². The second-order valence-electron chi connectivity index (χ2n) is 11.3. The van der Waals surface area contributed by atoms with Crippen molar-refractivity contribution in [3.05, 3.63) is 180 Å². The summed E-state index contributed by atoms with van der Waals surface area (Å²) < 4.78 is 0. The van der Waals surface area contributed by atoms with Crippen LogP contribution in [-0.4, -0.2) is 37.4 Å². The van der Waals surface area contributed by atoms with Gasteiger partial charge in [0, 0.05) is 34.9 Å². The van der Waals surface area contributed by atoms with Crippen molar-refractivity contribution in [2.45, 2.75) is 6.04 Å². The lowest BCUT2D eigenvalue weighted by atomic mass is 9.78. The summed E-state index contributed by atoms with van der Waals surface area (Å²) in [5.74, 6) is -3.02. The van der Waals surface area contributed by atoms with E-state index in [1.54, 1.807) is 0 Å². The van der Waals surface area contributed by atoms with Crippen LogP contribution in [0.3, 0.4) is 0 Å². The van der Waals surface area contributed by atoms with Gasteiger partial charge in [-0.05, 0) is 60.7 Å². The molecule has 2 aliphatic carbocycles. The minimum atomic E-state index is -0.759. The number of ketones is 1. The van der Waals surface area contributed by atoms with Gasteiger partial charge in [-0.15, -0.1) is 0 Å². The summed E-state index contributed by atoms with van der Waals surface area (Å²) in [4.78, 5) is 17.3. The smallest absolute Gasteiger partial charge is 0.202 e. The third-order valence-electron chi connectivity index (χ3n) is 8.33. The minimum absolute atomic E-state index is 0.242. The van der Waals surface area contributed by atoms with Crippen LogP contribution in [0.5, 0.6) is 11.5 Å². The van der Waals surface area contributed by atoms with Gasteiger partial charge in [0.25, 0.3) is 0 Å². The molecular formula is C40H30N2O6. The van der Waals surface area contributed by atoms with E-state index in [1.165, 1.54) is 24.3 Å². The van der Waals surface area contributed by atoms with Crippen LogP contribution in [-0.2, 0) is 4.79 Å². The van der Waals surface area contributed by atoms with E-state index in [1.807, 2.05) is 131 Å². The van der Waals surface area contributed by atoms with Gasteiger partial charge in [0.15, 0.2) is 0 Å². The average Bonchev–Trinajstić information content (AvgIpc) is 3.10. The molecule has 2 aliphatic rings. The van der Waals surface area contributed by atoms with Gasteiger partial charge in [-0.2, -0.15) is 0 Å². The molecule has 0 spiro atoms. The van der Waals surface area contributed by atoms with Crippen LogP contribution in [0.25, 0.3) is 5.57 Å². The molecule has 0 fully saturated rings. The summed E-state index contributed by atoms with van der Waals surface area (Å²) in [6.07, 6.45) is 2.96. The second-order valence-corrected chi connectivity index (χ2v) is 11.3. The van der Waals surface area contributed by atoms with E-state index in [-0.39, 0.29) is 22.3 Å². The molecule has 0 unspecified atom stereocenters. The van der Waals surface area contributed by atoms with Gasteiger partial charge < -0.3 is 35.3 Å². The predicted octanol–water partition coefficient (Wildman–Crippen LogP) is 8.82. The normalized spacial score (nSPS) is 15.8. The number of aromatic hydroxyl groups is 2. The Bertz CT molecular complexity index is 2020. The summed E-state index contributed by atoms with van der Waals surface area (Å²) in [6.45, 7) is 0. The van der Waals surface area contributed by atoms with E-state index in [0.717, 1.165) is 22.7 Å². The van der Waals surface area contributed by atoms with Gasteiger partial charge in [-0.1, -0.05) is 72.8 Å². The van der Waals surface area contributed by atoms with E-state index in [2.05, 4.69) is 0 Å². The summed E-state index contributed by atoms with van der Waals surface area (Å²) >= 11 is 0. The lowest BCUT2D eigenvalue weighted by molar-refractivity contribution is -0.111. The number of nitrogens with zero attached hydrogens (tertiary/aromatic N) is 2. The molecule has 0 saturated heterocycles. The van der Waals surface area contributed by atoms with Crippen LogP contribution in [0.1, 0.15) is 5.56 Å². The molecule has 5 aromatic rings. The topological polar surface area (TPSA) is 125 Å². The van der Waals surface area contributed by atoms with Crippen molar-refractivity contribution < 1.29 is 30.3 Å². The zero-order valence-corrected chi connectivity index (χ0v) is 25.5. The second kappa shape index (κ2) is 12.3. The van der Waals surface area contributed by atoms with E-state index < -0.39 is 40.6 Å². The third-order valence-corrected chi connectivity index (χ3v) is 8.33. The Morgan fingerprint density at radius 2 is 0.854 bits per heavy atom. The van der Waals surface area contributed by atoms with Gasteiger partial charge >= 0.3 is 0 Å². The highest BCUT2D eigenvalue weighted by molar-refractivity contribution is 6.40. The van der Waals surface area contributed by atoms with Crippen molar-refractivity contribution in [1.29, 1.82) is 0 Å². The molecule has 8 heteroatoms. The maximum atomic E-state index is 13.6. The van der Waals surface area contributed by atoms with Crippen molar-refractivity contribution in [3.63, 3.8) is 0 Å². The first-order valence-corrected chi connectivity index (χ1v) is 15.2. The number of allylic oxidation sites excluding steroid dienone is 2. The zero-order chi connectivity index (χ0) is 33.4. The Hall–Kier alpha value is -6.67. The number of hydrogen-bond donors (Lipinski definition) is 5. The number of anilines is 5. The number of phenolic OH excluding ortho intramolecular Hbond substituents is 2. The monoisotopic (exact) mass is 634 g/mol. The highest BCUT2D eigenvalue weighted by atomic mass is 16.3. The minimum Gasteiger partial charge on any atom is -0.507 e. The summed E-state index contributed by atoms with van der Waals surface area (Å²) in [5.41, 5.74) is 2.39. The first kappa shape index (κ1) is 30.0. The molecule has 236 valence electrons. The van der Waals surface area contributed by atoms with Gasteiger partial charge in [-0.3, -0.25) is 4.79 Å². The number of aliphatic hydroxyl groups is 3. The number of para-hydroxylation sites is 4. The Kier molecular flexibility index (Phi) is 7.67. The molecule has 48 heavy (non-hydrogen) atoms. The summed E-state index contributed by atoms with van der Waals surface area (Å²) in [6, 6.07) is 39.8. The van der Waals surface area contributed by atoms with Gasteiger partial charge in [-0.25, -0.2) is 0 Å². The zero-order valence-electron chi connectivity index (χ0n) is 25.5. The van der Waals surface area contributed by atoms with Crippen LogP contribution in [0.2, 0.25) is 0 Å². The Labute approximate surface area is 276 Å². The number of carbonyl (C=O) groups excluding carboxylic acids is 1. The molecule has 0 radical (unpaired) electrons. The molecule has 0 saturated carbocycles. The van der Waals surface area contributed by atoms with Crippen LogP contribution in [0, 0.1) is 0 Å². The quantitative estimate of drug-likeness (QED) is 0.113. The number of carbonyl (C=O) groups is 1. The van der Waals surface area contributed by atoms with Gasteiger partial charge in [0.2, 0.25) is 5.78 Å². The Balaban J connectivity index is 1.26. The largest absolute Gasteiger partial charge is 0.507 e. The lowest BCUT2D eigenvalue weighted by Crippen LogP contribution is -2.32. The number of phenols is 2. The summed E-state index contributed by atoms with van der Waals surface area (Å²) in [7, 11) is 0. The van der Waals surface area contributed by atoms with Crippen molar-refractivity contribution in [2.75, 3.05) is 9.80 Å². The molecule has 0 aromatic heterocycles. The van der Waals surface area contributed by atoms with Gasteiger partial charge in [0.05, 0.1) is 34.0 Å². The number of benzene rings is 5. The molecule has 0 atom stereocenters. The maximum absolute atomic E-state index is 13.6. The molecule has 0 amide bonds. The molecule has 0 heterocycles. The number of hydrogen-bond acceptors (Lipinski definition) is 8. The SMILES string of the molecule is O=C1C(=C2C(O)=CC(N(c3ccccc3)c3ccccc3)C=C2O)C(O)=C1c1c(O)cc(N(c2ccccc2)c2ccccc2)cc1O. The third kappa shape index (κ3) is 5.21. The van der Waals surface area contributed by atoms with E-state index in [0.29, 0.717) is 5.69 Å². The predicted molar refractivity (Wildman–Crippen MR) is 186 cm³/mol. The van der Waals surface area contributed by atoms with Crippen LogP contribution >= 0.6 is 0 Å². The molecule has 5 aromatic carbocycles. The lowest BCUT2D eigenvalue weighted by Gasteiger charge is -2.33. The highest BCUT2D eigenvalue weighted by Gasteiger charge is 2.42. The molecular weight excluding hydrogens is 604 g/mol. The molecule has 8 nitrogen and oxygen atoms in total. The summed E-state index contributed by atoms with van der Waals surface area (Å²) in [5, 5.41) is 55.9. The van der Waals surface area contributed by atoms with Gasteiger partial charge in [0.1, 0.15) is 28.8 Å². The fraction of sp³-hybridized carbons (Fsp3) is 0.0250. The van der Waals surface area contributed by atoms with Crippen molar-refractivity contribution in [1.82, 2.24) is 0 Å². The average molecular weight is 635 g/mol. The molecule has 0 bridgehead atoms. The number of rotatable bonds is 7. The Morgan fingerprint density at radius 3 is 1.25 bits per heavy atom. The number of aliphatic hydroxyl groups excluding tert-OH is 3. The van der Waals surface area contributed by atoms with E-state index in [4.69, 9.17) is 0 Å². The van der Waals surface area contributed by atoms with Crippen molar-refractivity contribution in [2.24, 2.45) is 0 Å². The molecule has 5 N–H and O–H groups in total. The first-order chi connectivity index (χ1) is 23.3. The van der Waals surface area contributed by atoms with E-state index >= 15 is 0 Å². The standard InChI is InChI=1S/C40H30N2O6/c43-31-21-29(41(25-13-5-1-6-14-25)26-15-7-2-8-16-26)22-32(44)35(31)37-39(47)38(40(37)48)36-33(45)23-30(24-34(36)46)42(27-17-9-3-10-18-27)28-19-11-4-12-20-28/h1-24,29,43-47H. The maximum Gasteiger partial charge on any atom is 0.202 e. The van der Waals surface area contributed by atoms with Crippen LogP contribution in [0.15, 0.2) is 174 Å². The van der Waals surface area contributed by atoms with E-state index in [9.17, 15) is 30.3 Å².